The molecule has 2 aliphatic rings. The van der Waals surface area contributed by atoms with Gasteiger partial charge in [-0.15, -0.1) is 0 Å². The first-order valence-electron chi connectivity index (χ1n) is 11.0. The normalized spacial score (nSPS) is 37.1. The molecule has 1 unspecified atom stereocenters. The van der Waals surface area contributed by atoms with E-state index in [0.717, 1.165) is 0 Å². The predicted octanol–water partition coefficient (Wildman–Crippen LogP) is -4.82. The molecule has 2 heterocycles. The van der Waals surface area contributed by atoms with Crippen molar-refractivity contribution in [2.75, 3.05) is 13.2 Å². The van der Waals surface area contributed by atoms with E-state index in [-0.39, 0.29) is 0 Å². The van der Waals surface area contributed by atoms with Crippen LogP contribution >= 0.6 is 0 Å². The Morgan fingerprint density at radius 2 is 1.11 bits per heavy atom. The summed E-state index contributed by atoms with van der Waals surface area (Å²) in [5.41, 5.74) is 0. The van der Waals surface area contributed by atoms with E-state index in [0.29, 0.717) is 0 Å². The van der Waals surface area contributed by atoms with Gasteiger partial charge in [0.05, 0.1) is 25.3 Å². The molecule has 2 saturated heterocycles. The molecule has 10 atom stereocenters. The Hall–Kier alpha value is -2.40. The van der Waals surface area contributed by atoms with Crippen LogP contribution in [0.4, 0.5) is 0 Å². The van der Waals surface area contributed by atoms with Gasteiger partial charge in [-0.25, -0.2) is 0 Å². The van der Waals surface area contributed by atoms with E-state index in [1.165, 1.54) is 27.7 Å². The average molecular weight is 507 g/mol. The van der Waals surface area contributed by atoms with Crippen molar-refractivity contribution in [2.45, 2.75) is 88.9 Å². The second-order valence-electron chi connectivity index (χ2n) is 8.47. The zero-order valence-electron chi connectivity index (χ0n) is 19.8. The second kappa shape index (κ2) is 12.5. The average Bonchev–Trinajstić information content (AvgIpc) is 2.75. The van der Waals surface area contributed by atoms with Gasteiger partial charge in [0.2, 0.25) is 23.6 Å². The van der Waals surface area contributed by atoms with Crippen molar-refractivity contribution in [3.05, 3.63) is 0 Å². The molecular weight excluding hydrogens is 472 g/mol. The minimum atomic E-state index is -1.67. The smallest absolute Gasteiger partial charge is 0.217 e. The van der Waals surface area contributed by atoms with Crippen molar-refractivity contribution in [2.24, 2.45) is 0 Å². The molecule has 0 aromatic carbocycles. The van der Waals surface area contributed by atoms with Crippen molar-refractivity contribution in [3.63, 3.8) is 0 Å². The molecule has 0 saturated carbocycles. The van der Waals surface area contributed by atoms with Crippen molar-refractivity contribution < 1.29 is 53.8 Å². The molecule has 0 radical (unpaired) electrons. The lowest BCUT2D eigenvalue weighted by Gasteiger charge is -2.49. The summed E-state index contributed by atoms with van der Waals surface area (Å²) in [5.74, 6) is -2.21. The summed E-state index contributed by atoms with van der Waals surface area (Å²) >= 11 is 0. The lowest BCUT2D eigenvalue weighted by molar-refractivity contribution is -0.298. The molecular formula is C20H34N4O11. The number of carbonyl (C=O) groups excluding carboxylic acids is 4. The molecule has 2 fully saturated rings. The molecule has 0 bridgehead atoms. The lowest BCUT2D eigenvalue weighted by atomic mass is 9.92. The molecule has 2 aliphatic heterocycles. The molecule has 0 aromatic heterocycles. The standard InChI is InChI=1S/C20H34N4O11/c1-7(27)21-13-11(5-25)34-20(15(17(13)31)23-9(3)29)35-18-14(22-8(2)28)12(6-26)33-19(32)16(18)24-10(4)30/h11-20,25-26,31-32H,5-6H2,1-4H3,(H,21,27)(H,22,28)(H,23,29)(H,24,30)/t11-,12-,13-,14-,15-,16-,17+,18+,19?,20-/m1/s1. The maximum absolute atomic E-state index is 11.9. The minimum absolute atomic E-state index is 0.521. The van der Waals surface area contributed by atoms with Gasteiger partial charge in [-0.3, -0.25) is 19.2 Å². The number of hydrogen-bond acceptors (Lipinski definition) is 11. The zero-order valence-corrected chi connectivity index (χ0v) is 19.8. The van der Waals surface area contributed by atoms with Crippen molar-refractivity contribution in [3.8, 4) is 0 Å². The number of carbonyl (C=O) groups is 4. The van der Waals surface area contributed by atoms with Gasteiger partial charge < -0.3 is 55.9 Å². The highest BCUT2D eigenvalue weighted by atomic mass is 16.7. The summed E-state index contributed by atoms with van der Waals surface area (Å²) < 4.78 is 17.2. The van der Waals surface area contributed by atoms with Crippen LogP contribution in [0.25, 0.3) is 0 Å². The number of amides is 4. The third-order valence-corrected chi connectivity index (χ3v) is 5.60. The summed E-state index contributed by atoms with van der Waals surface area (Å²) in [4.78, 5) is 47.2. The highest BCUT2D eigenvalue weighted by Gasteiger charge is 2.52. The van der Waals surface area contributed by atoms with Crippen LogP contribution in [0.5, 0.6) is 0 Å². The number of aliphatic hydroxyl groups is 4. The highest BCUT2D eigenvalue weighted by molar-refractivity contribution is 5.75. The van der Waals surface area contributed by atoms with E-state index in [1.807, 2.05) is 0 Å². The molecule has 15 nitrogen and oxygen atoms in total. The molecule has 35 heavy (non-hydrogen) atoms. The Kier molecular flexibility index (Phi) is 10.3. The van der Waals surface area contributed by atoms with Gasteiger partial charge in [-0.2, -0.15) is 0 Å². The largest absolute Gasteiger partial charge is 0.394 e. The van der Waals surface area contributed by atoms with Crippen LogP contribution in [0.1, 0.15) is 27.7 Å². The number of nitrogens with one attached hydrogen (secondary N) is 4. The van der Waals surface area contributed by atoms with E-state index in [1.54, 1.807) is 0 Å². The first kappa shape index (κ1) is 28.8. The van der Waals surface area contributed by atoms with E-state index in [9.17, 15) is 39.6 Å². The fourth-order valence-corrected chi connectivity index (χ4v) is 4.24. The van der Waals surface area contributed by atoms with E-state index >= 15 is 0 Å². The summed E-state index contributed by atoms with van der Waals surface area (Å²) in [6.07, 6.45) is -8.26. The van der Waals surface area contributed by atoms with Gasteiger partial charge in [0, 0.05) is 27.7 Å². The number of rotatable bonds is 8. The fraction of sp³-hybridized carbons (Fsp3) is 0.800. The van der Waals surface area contributed by atoms with Crippen LogP contribution in [-0.2, 0) is 33.4 Å². The summed E-state index contributed by atoms with van der Waals surface area (Å²) in [5, 5.41) is 51.0. The predicted molar refractivity (Wildman–Crippen MR) is 115 cm³/mol. The Labute approximate surface area is 201 Å². The molecule has 200 valence electrons. The monoisotopic (exact) mass is 506 g/mol. The minimum Gasteiger partial charge on any atom is -0.394 e. The molecule has 15 heteroatoms. The van der Waals surface area contributed by atoms with Gasteiger partial charge in [0.1, 0.15) is 36.5 Å². The van der Waals surface area contributed by atoms with Crippen LogP contribution in [0.3, 0.4) is 0 Å². The second-order valence-corrected chi connectivity index (χ2v) is 8.47. The first-order valence-corrected chi connectivity index (χ1v) is 11.0. The van der Waals surface area contributed by atoms with Crippen LogP contribution in [0.2, 0.25) is 0 Å². The molecule has 0 spiro atoms. The van der Waals surface area contributed by atoms with Crippen molar-refractivity contribution in [1.29, 1.82) is 0 Å². The third-order valence-electron chi connectivity index (χ3n) is 5.60. The van der Waals surface area contributed by atoms with Gasteiger partial charge in [-0.1, -0.05) is 0 Å². The van der Waals surface area contributed by atoms with Crippen molar-refractivity contribution in [1.82, 2.24) is 21.3 Å². The van der Waals surface area contributed by atoms with Crippen LogP contribution in [-0.4, -0.2) is 118 Å². The van der Waals surface area contributed by atoms with Gasteiger partial charge >= 0.3 is 0 Å². The maximum Gasteiger partial charge on any atom is 0.217 e. The zero-order chi connectivity index (χ0) is 26.4. The van der Waals surface area contributed by atoms with E-state index < -0.39 is 98.0 Å². The van der Waals surface area contributed by atoms with E-state index in [2.05, 4.69) is 21.3 Å². The fourth-order valence-electron chi connectivity index (χ4n) is 4.24. The highest BCUT2D eigenvalue weighted by Crippen LogP contribution is 2.29. The van der Waals surface area contributed by atoms with Crippen molar-refractivity contribution >= 4 is 23.6 Å². The number of ether oxygens (including phenoxy) is 3. The summed E-state index contributed by atoms with van der Waals surface area (Å²) in [6.45, 7) is 3.47. The molecule has 2 rings (SSSR count). The topological polar surface area (TPSA) is 225 Å². The van der Waals surface area contributed by atoms with Crippen LogP contribution in [0, 0.1) is 0 Å². The first-order chi connectivity index (χ1) is 16.4. The Morgan fingerprint density at radius 3 is 1.60 bits per heavy atom. The van der Waals surface area contributed by atoms with E-state index in [4.69, 9.17) is 14.2 Å². The maximum atomic E-state index is 11.9. The van der Waals surface area contributed by atoms with Gasteiger partial charge in [-0.05, 0) is 0 Å². The van der Waals surface area contributed by atoms with Gasteiger partial charge in [0.25, 0.3) is 0 Å². The van der Waals surface area contributed by atoms with Crippen LogP contribution in [0.15, 0.2) is 0 Å². The summed E-state index contributed by atoms with van der Waals surface area (Å²) in [6, 6.07) is -4.78. The summed E-state index contributed by atoms with van der Waals surface area (Å²) in [7, 11) is 0. The Bertz CT molecular complexity index is 784. The number of aliphatic hydroxyl groups excluding tert-OH is 4. The number of hydrogen-bond donors (Lipinski definition) is 8. The van der Waals surface area contributed by atoms with Gasteiger partial charge in [0.15, 0.2) is 12.6 Å². The SMILES string of the molecule is CC(=O)N[C@H]1[C@@H](O[C@H]2[C@H](NC(C)=O)[C@@H](CO)OC(O)[C@@H]2NC(C)=O)O[C@H](CO)[C@@H](NC(C)=O)[C@@H]1O. The molecule has 0 aliphatic carbocycles. The Balaban J connectivity index is 2.46. The quantitative estimate of drug-likeness (QED) is 0.156. The molecule has 0 aromatic rings. The third kappa shape index (κ3) is 7.30. The molecule has 4 amide bonds. The lowest BCUT2D eigenvalue weighted by Crippen LogP contribution is -2.73. The Morgan fingerprint density at radius 1 is 0.686 bits per heavy atom. The molecule has 8 N–H and O–H groups in total. The van der Waals surface area contributed by atoms with Crippen LogP contribution < -0.4 is 21.3 Å².